The quantitative estimate of drug-likeness (QED) is 0.0509. The Morgan fingerprint density at radius 1 is 0.220 bits per heavy atom. The molecule has 9 aromatic carbocycles. The average molecular weight is 831 g/mol. The molecule has 0 bridgehead atoms. The fourth-order valence-electron chi connectivity index (χ4n) is 8.06. The van der Waals surface area contributed by atoms with Gasteiger partial charge >= 0.3 is 8.41 Å². The minimum absolute atomic E-state index is 0.811. The maximum atomic E-state index is 21.1. The molecule has 0 nitrogen and oxygen atoms in total. The number of benzene rings is 9. The van der Waals surface area contributed by atoms with Crippen molar-refractivity contribution in [1.82, 2.24) is 0 Å². The maximum Gasteiger partial charge on any atom is 0.341 e. The minimum atomic E-state index is -4.45. The smallest absolute Gasteiger partial charge is 0.296 e. The monoisotopic (exact) mass is 830 g/mol. The van der Waals surface area contributed by atoms with Gasteiger partial charge in [-0.2, -0.15) is 0 Å². The summed E-state index contributed by atoms with van der Waals surface area (Å²) >= 11 is 0. The fourth-order valence-corrected chi connectivity index (χ4v) is 20.6. The first-order chi connectivity index (χ1) is 29.2. The molecule has 0 aliphatic rings. The first-order valence-corrected chi connectivity index (χ1v) is 25.8. The van der Waals surface area contributed by atoms with Gasteiger partial charge in [0.05, 0.1) is 0 Å². The van der Waals surface area contributed by atoms with Crippen LogP contribution in [-0.4, -0.2) is 8.41 Å². The number of rotatable bonds is 12. The molecule has 0 radical (unpaired) electrons. The van der Waals surface area contributed by atoms with Crippen molar-refractivity contribution in [3.63, 3.8) is 0 Å². The van der Waals surface area contributed by atoms with Crippen LogP contribution in [0.3, 0.4) is 0 Å². The first kappa shape index (κ1) is 38.9. The number of halogens is 1. The Morgan fingerprint density at radius 2 is 0.390 bits per heavy atom. The Hall–Kier alpha value is -5.58. The highest BCUT2D eigenvalue weighted by atomic mass is 31.1. The summed E-state index contributed by atoms with van der Waals surface area (Å²) < 4.78 is 21.1. The molecule has 0 aliphatic heterocycles. The molecular formula is C54H42FP3Si. The Bertz CT molecular complexity index is 2310. The third kappa shape index (κ3) is 7.96. The third-order valence-electron chi connectivity index (χ3n) is 10.6. The lowest BCUT2D eigenvalue weighted by molar-refractivity contribution is 0.843. The number of hydrogen-bond donors (Lipinski definition) is 0. The second kappa shape index (κ2) is 18.1. The van der Waals surface area contributed by atoms with Crippen LogP contribution in [0, 0.1) is 0 Å². The van der Waals surface area contributed by atoms with Gasteiger partial charge in [0.1, 0.15) is 0 Å². The van der Waals surface area contributed by atoms with Crippen LogP contribution in [0.1, 0.15) is 0 Å². The van der Waals surface area contributed by atoms with Crippen molar-refractivity contribution in [2.24, 2.45) is 0 Å². The van der Waals surface area contributed by atoms with E-state index in [9.17, 15) is 0 Å². The predicted molar refractivity (Wildman–Crippen MR) is 261 cm³/mol. The Labute approximate surface area is 352 Å². The molecule has 0 amide bonds. The van der Waals surface area contributed by atoms with Crippen molar-refractivity contribution >= 4 is 95.5 Å². The van der Waals surface area contributed by atoms with E-state index in [-0.39, 0.29) is 0 Å². The van der Waals surface area contributed by atoms with Crippen molar-refractivity contribution in [3.05, 3.63) is 255 Å². The molecule has 59 heavy (non-hydrogen) atoms. The van der Waals surface area contributed by atoms with Crippen molar-refractivity contribution in [3.8, 4) is 0 Å². The van der Waals surface area contributed by atoms with E-state index < -0.39 is 32.2 Å². The minimum Gasteiger partial charge on any atom is -0.296 e. The molecule has 0 fully saturated rings. The molecule has 9 rings (SSSR count). The molecule has 0 unspecified atom stereocenters. The van der Waals surface area contributed by atoms with Crippen LogP contribution in [0.2, 0.25) is 0 Å². The zero-order valence-electron chi connectivity index (χ0n) is 32.5. The van der Waals surface area contributed by atoms with Crippen molar-refractivity contribution in [2.75, 3.05) is 0 Å². The highest BCUT2D eigenvalue weighted by molar-refractivity contribution is 7.82. The molecule has 9 aromatic rings. The highest BCUT2D eigenvalue weighted by Gasteiger charge is 2.48. The van der Waals surface area contributed by atoms with Crippen LogP contribution in [-0.2, 0) is 0 Å². The van der Waals surface area contributed by atoms with Gasteiger partial charge in [-0.15, -0.1) is 0 Å². The van der Waals surface area contributed by atoms with E-state index in [4.69, 9.17) is 0 Å². The molecule has 0 saturated heterocycles. The second-order valence-corrected chi connectivity index (χ2v) is 23.7. The number of hydrogen-bond acceptors (Lipinski definition) is 0. The largest absolute Gasteiger partial charge is 0.341 e. The molecule has 284 valence electrons. The second-order valence-electron chi connectivity index (χ2n) is 14.2. The molecule has 0 spiro atoms. The molecule has 0 saturated carbocycles. The van der Waals surface area contributed by atoms with Gasteiger partial charge in [0.2, 0.25) is 0 Å². The molecule has 5 heteroatoms. The summed E-state index contributed by atoms with van der Waals surface area (Å²) in [6.07, 6.45) is 0. The molecule has 0 atom stereocenters. The zero-order valence-corrected chi connectivity index (χ0v) is 36.2. The van der Waals surface area contributed by atoms with Crippen LogP contribution < -0.4 is 63.3 Å². The van der Waals surface area contributed by atoms with E-state index >= 15 is 4.11 Å². The topological polar surface area (TPSA) is 0 Å². The summed E-state index contributed by atoms with van der Waals surface area (Å²) in [5.74, 6) is 0. The predicted octanol–water partition coefficient (Wildman–Crippen LogP) is 7.90. The van der Waals surface area contributed by atoms with Gasteiger partial charge in [0.25, 0.3) is 0 Å². The van der Waals surface area contributed by atoms with Gasteiger partial charge in [-0.25, -0.2) is 0 Å². The van der Waals surface area contributed by atoms with Crippen LogP contribution in [0.15, 0.2) is 255 Å². The van der Waals surface area contributed by atoms with Gasteiger partial charge in [-0.1, -0.05) is 255 Å². The van der Waals surface area contributed by atoms with Crippen molar-refractivity contribution < 1.29 is 4.11 Å². The van der Waals surface area contributed by atoms with Crippen LogP contribution >= 0.6 is 23.8 Å². The molecule has 0 aliphatic carbocycles. The van der Waals surface area contributed by atoms with Crippen LogP contribution in [0.4, 0.5) is 4.11 Å². The SMILES string of the molecule is F[Si](c1ccccc1P(c1ccccc1)c1ccccc1)(c1ccccc1P(c1ccccc1)c1ccccc1)c1ccccc1P(c1ccccc1)c1ccccc1. The molecule has 0 heterocycles. The van der Waals surface area contributed by atoms with Gasteiger partial charge in [0, 0.05) is 0 Å². The summed E-state index contributed by atoms with van der Waals surface area (Å²) in [6.45, 7) is 0. The summed E-state index contributed by atoms with van der Waals surface area (Å²) in [5.41, 5.74) is 0. The van der Waals surface area contributed by atoms with Gasteiger partial charge < -0.3 is 0 Å². The highest BCUT2D eigenvalue weighted by Crippen LogP contribution is 2.37. The first-order valence-electron chi connectivity index (χ1n) is 19.9. The Kier molecular flexibility index (Phi) is 12.0. The summed E-state index contributed by atoms with van der Waals surface area (Å²) in [4.78, 5) is 0. The van der Waals surface area contributed by atoms with E-state index in [1.165, 1.54) is 31.8 Å². The summed E-state index contributed by atoms with van der Waals surface area (Å²) in [6, 6.07) is 89.8. The van der Waals surface area contributed by atoms with E-state index in [0.717, 1.165) is 31.5 Å². The van der Waals surface area contributed by atoms with E-state index in [0.29, 0.717) is 0 Å². The standard InChI is InChI=1S/C54H42FP3Si/c55-59(52-40-22-19-37-49(52)56(43-25-7-1-8-26-43)44-27-9-2-10-28-44,53-41-23-20-38-50(53)57(45-29-11-3-12-30-45)46-31-13-4-14-32-46)54-42-24-21-39-51(54)58(47-33-15-5-16-34-47)48-35-17-6-18-36-48/h1-42H. The van der Waals surface area contributed by atoms with Gasteiger partial charge in [-0.3, -0.25) is 4.11 Å². The average Bonchev–Trinajstić information content (AvgIpc) is 3.32. The fraction of sp³-hybridized carbons (Fsp3) is 0. The lowest BCUT2D eigenvalue weighted by Crippen LogP contribution is -2.72. The van der Waals surface area contributed by atoms with Crippen molar-refractivity contribution in [1.29, 1.82) is 0 Å². The summed E-state index contributed by atoms with van der Waals surface area (Å²) in [7, 11) is -7.84. The van der Waals surface area contributed by atoms with E-state index in [1.54, 1.807) is 0 Å². The lowest BCUT2D eigenvalue weighted by Gasteiger charge is -2.35. The van der Waals surface area contributed by atoms with Gasteiger partial charge in [-0.05, 0) is 87.1 Å². The maximum absolute atomic E-state index is 21.1. The van der Waals surface area contributed by atoms with Crippen LogP contribution in [0.25, 0.3) is 0 Å². The Morgan fingerprint density at radius 3 is 0.593 bits per heavy atom. The lowest BCUT2D eigenvalue weighted by atomic mass is 10.3. The summed E-state index contributed by atoms with van der Waals surface area (Å²) in [5, 5.41) is 12.8. The molecule has 0 aromatic heterocycles. The van der Waals surface area contributed by atoms with Crippen molar-refractivity contribution in [2.45, 2.75) is 0 Å². The normalized spacial score (nSPS) is 11.6. The Balaban J connectivity index is 1.39. The van der Waals surface area contributed by atoms with E-state index in [1.807, 2.05) is 0 Å². The zero-order chi connectivity index (χ0) is 39.9. The van der Waals surface area contributed by atoms with Crippen LogP contribution in [0.5, 0.6) is 0 Å². The van der Waals surface area contributed by atoms with E-state index in [2.05, 4.69) is 255 Å². The third-order valence-corrected chi connectivity index (χ3v) is 22.3. The van der Waals surface area contributed by atoms with Gasteiger partial charge in [0.15, 0.2) is 0 Å². The molecule has 0 N–H and O–H groups in total. The molecular weight excluding hydrogens is 789 g/mol.